The van der Waals surface area contributed by atoms with E-state index in [0.29, 0.717) is 5.16 Å². The number of nitrogens with one attached hydrogen (secondary N) is 3. The molecule has 9 heteroatoms. The minimum absolute atomic E-state index is 0.0755. The lowest BCUT2D eigenvalue weighted by Gasteiger charge is -2.13. The quantitative estimate of drug-likeness (QED) is 0.424. The van der Waals surface area contributed by atoms with Crippen LogP contribution in [-0.4, -0.2) is 31.2 Å². The van der Waals surface area contributed by atoms with Crippen LogP contribution in [0, 0.1) is 0 Å². The maximum atomic E-state index is 12.4. The van der Waals surface area contributed by atoms with Crippen LogP contribution < -0.4 is 16.6 Å². The number of amides is 1. The van der Waals surface area contributed by atoms with Gasteiger partial charge in [-0.05, 0) is 17.7 Å². The molecule has 29 heavy (non-hydrogen) atoms. The van der Waals surface area contributed by atoms with E-state index >= 15 is 0 Å². The van der Waals surface area contributed by atoms with Gasteiger partial charge in [-0.15, -0.1) is 0 Å². The van der Waals surface area contributed by atoms with Gasteiger partial charge in [0.1, 0.15) is 5.82 Å². The van der Waals surface area contributed by atoms with Gasteiger partial charge in [-0.25, -0.2) is 9.78 Å². The van der Waals surface area contributed by atoms with Crippen molar-refractivity contribution < 1.29 is 4.79 Å². The third-order valence-corrected chi connectivity index (χ3v) is 5.07. The fourth-order valence-electron chi connectivity index (χ4n) is 2.86. The number of aromatic nitrogens is 4. The molecule has 0 atom stereocenters. The van der Waals surface area contributed by atoms with Crippen LogP contribution in [0.15, 0.2) is 75.4 Å². The molecular formula is C20H17N5O3S. The number of fused-ring (bicyclic) bond motifs is 1. The molecule has 0 aliphatic heterocycles. The van der Waals surface area contributed by atoms with E-state index in [1.165, 1.54) is 22.4 Å². The Morgan fingerprint density at radius 3 is 2.59 bits per heavy atom. The first-order chi connectivity index (χ1) is 14.1. The Morgan fingerprint density at radius 2 is 1.79 bits per heavy atom. The van der Waals surface area contributed by atoms with Crippen LogP contribution in [0.4, 0.5) is 5.82 Å². The maximum Gasteiger partial charge on any atom is 0.330 e. The molecule has 2 aromatic heterocycles. The molecule has 0 fully saturated rings. The molecule has 0 aliphatic carbocycles. The van der Waals surface area contributed by atoms with Gasteiger partial charge in [-0.2, -0.15) is 0 Å². The van der Waals surface area contributed by atoms with Gasteiger partial charge in [0.25, 0.3) is 5.56 Å². The van der Waals surface area contributed by atoms with Crippen molar-refractivity contribution in [3.63, 3.8) is 0 Å². The van der Waals surface area contributed by atoms with Crippen molar-refractivity contribution >= 4 is 34.5 Å². The molecule has 1 amide bonds. The standard InChI is InChI=1S/C20H17N5O3S/c26-17-10-16(25(20(28)24-17)11-13-6-2-1-3-7-13)23-18(27)12-29-19-21-14-8-4-5-9-15(14)22-19/h1-10H,11-12H2,(H,21,22)(H,23,27)(H,24,26,28). The normalized spacial score (nSPS) is 10.9. The predicted octanol–water partition coefficient (Wildman–Crippen LogP) is 2.19. The second kappa shape index (κ2) is 8.19. The summed E-state index contributed by atoms with van der Waals surface area (Å²) in [5.41, 5.74) is 1.43. The zero-order valence-corrected chi connectivity index (χ0v) is 16.0. The van der Waals surface area contributed by atoms with E-state index in [9.17, 15) is 14.4 Å². The lowest BCUT2D eigenvalue weighted by Crippen LogP contribution is -2.33. The fraction of sp³-hybridized carbons (Fsp3) is 0.100. The Kier molecular flexibility index (Phi) is 5.30. The highest BCUT2D eigenvalue weighted by molar-refractivity contribution is 7.99. The summed E-state index contributed by atoms with van der Waals surface area (Å²) in [6.07, 6.45) is 0. The molecule has 4 rings (SSSR count). The number of carbonyl (C=O) groups is 1. The van der Waals surface area contributed by atoms with E-state index in [1.54, 1.807) is 0 Å². The van der Waals surface area contributed by atoms with Crippen molar-refractivity contribution in [2.24, 2.45) is 0 Å². The number of rotatable bonds is 6. The van der Waals surface area contributed by atoms with Crippen molar-refractivity contribution in [2.75, 3.05) is 11.1 Å². The van der Waals surface area contributed by atoms with E-state index in [4.69, 9.17) is 0 Å². The highest BCUT2D eigenvalue weighted by atomic mass is 32.2. The lowest BCUT2D eigenvalue weighted by atomic mass is 10.2. The van der Waals surface area contributed by atoms with Crippen LogP contribution in [-0.2, 0) is 11.3 Å². The minimum Gasteiger partial charge on any atom is -0.333 e. The Bertz CT molecular complexity index is 1240. The average molecular weight is 407 g/mol. The third kappa shape index (κ3) is 4.46. The number of imidazole rings is 1. The van der Waals surface area contributed by atoms with Crippen molar-refractivity contribution in [3.8, 4) is 0 Å². The zero-order chi connectivity index (χ0) is 20.2. The smallest absolute Gasteiger partial charge is 0.330 e. The Labute approximate surface area is 169 Å². The van der Waals surface area contributed by atoms with Gasteiger partial charge < -0.3 is 10.3 Å². The molecule has 146 valence electrons. The van der Waals surface area contributed by atoms with Crippen LogP contribution in [0.1, 0.15) is 5.56 Å². The van der Waals surface area contributed by atoms with E-state index in [0.717, 1.165) is 16.6 Å². The van der Waals surface area contributed by atoms with Gasteiger partial charge in [-0.3, -0.25) is 19.1 Å². The zero-order valence-electron chi connectivity index (χ0n) is 15.2. The minimum atomic E-state index is -0.582. The van der Waals surface area contributed by atoms with Gasteiger partial charge in [-0.1, -0.05) is 54.2 Å². The fourth-order valence-corrected chi connectivity index (χ4v) is 3.54. The second-order valence-electron chi connectivity index (χ2n) is 6.29. The van der Waals surface area contributed by atoms with Crippen LogP contribution in [0.5, 0.6) is 0 Å². The molecule has 0 saturated heterocycles. The van der Waals surface area contributed by atoms with Crippen molar-refractivity contribution in [1.29, 1.82) is 0 Å². The summed E-state index contributed by atoms with van der Waals surface area (Å²) in [6.45, 7) is 0.225. The number of H-pyrrole nitrogens is 2. The van der Waals surface area contributed by atoms with E-state index in [2.05, 4.69) is 20.3 Å². The average Bonchev–Trinajstić information content (AvgIpc) is 3.13. The van der Waals surface area contributed by atoms with Gasteiger partial charge in [0, 0.05) is 6.07 Å². The lowest BCUT2D eigenvalue weighted by molar-refractivity contribution is -0.113. The predicted molar refractivity (Wildman–Crippen MR) is 112 cm³/mol. The number of para-hydroxylation sites is 2. The summed E-state index contributed by atoms with van der Waals surface area (Å²) < 4.78 is 1.32. The van der Waals surface area contributed by atoms with E-state index in [-0.39, 0.29) is 24.0 Å². The number of carbonyl (C=O) groups excluding carboxylic acids is 1. The highest BCUT2D eigenvalue weighted by Crippen LogP contribution is 2.19. The Hall–Kier alpha value is -3.59. The molecule has 0 radical (unpaired) electrons. The molecule has 0 spiro atoms. The third-order valence-electron chi connectivity index (χ3n) is 4.19. The summed E-state index contributed by atoms with van der Waals surface area (Å²) in [5.74, 6) is -0.119. The van der Waals surface area contributed by atoms with Crippen LogP contribution in [0.2, 0.25) is 0 Å². The molecular weight excluding hydrogens is 390 g/mol. The summed E-state index contributed by atoms with van der Waals surface area (Å²) in [7, 11) is 0. The molecule has 3 N–H and O–H groups in total. The maximum absolute atomic E-state index is 12.4. The van der Waals surface area contributed by atoms with Crippen LogP contribution >= 0.6 is 11.8 Å². The SMILES string of the molecule is O=C(CSc1nc2ccccc2[nH]1)Nc1cc(=O)[nH]c(=O)n1Cc1ccccc1. The molecule has 0 saturated carbocycles. The van der Waals surface area contributed by atoms with Crippen LogP contribution in [0.25, 0.3) is 11.0 Å². The number of hydrogen-bond acceptors (Lipinski definition) is 5. The topological polar surface area (TPSA) is 113 Å². The van der Waals surface area contributed by atoms with Crippen molar-refractivity contribution in [2.45, 2.75) is 11.7 Å². The monoisotopic (exact) mass is 407 g/mol. The number of thioether (sulfide) groups is 1. The molecule has 2 aromatic carbocycles. The van der Waals surface area contributed by atoms with Gasteiger partial charge in [0.05, 0.1) is 23.3 Å². The number of nitrogens with zero attached hydrogens (tertiary/aromatic N) is 2. The Morgan fingerprint density at radius 1 is 1.03 bits per heavy atom. The Balaban J connectivity index is 1.49. The number of aromatic amines is 2. The summed E-state index contributed by atoms with van der Waals surface area (Å²) >= 11 is 1.24. The first kappa shape index (κ1) is 18.8. The molecule has 8 nitrogen and oxygen atoms in total. The number of anilines is 1. The molecule has 4 aromatic rings. The summed E-state index contributed by atoms with van der Waals surface area (Å²) in [4.78, 5) is 46.2. The van der Waals surface area contributed by atoms with Crippen molar-refractivity contribution in [3.05, 3.63) is 87.1 Å². The second-order valence-corrected chi connectivity index (χ2v) is 7.26. The first-order valence-electron chi connectivity index (χ1n) is 8.84. The van der Waals surface area contributed by atoms with Gasteiger partial charge in [0.15, 0.2) is 5.16 Å². The largest absolute Gasteiger partial charge is 0.333 e. The highest BCUT2D eigenvalue weighted by Gasteiger charge is 2.12. The van der Waals surface area contributed by atoms with E-state index < -0.39 is 11.2 Å². The first-order valence-corrected chi connectivity index (χ1v) is 9.82. The number of benzene rings is 2. The summed E-state index contributed by atoms with van der Waals surface area (Å²) in [5, 5.41) is 3.28. The molecule has 0 bridgehead atoms. The van der Waals surface area contributed by atoms with E-state index in [1.807, 2.05) is 54.6 Å². The van der Waals surface area contributed by atoms with Gasteiger partial charge in [0.2, 0.25) is 5.91 Å². The molecule has 0 unspecified atom stereocenters. The van der Waals surface area contributed by atoms with Crippen LogP contribution in [0.3, 0.4) is 0 Å². The molecule has 0 aliphatic rings. The molecule has 2 heterocycles. The summed E-state index contributed by atoms with van der Waals surface area (Å²) in [6, 6.07) is 18.1. The van der Waals surface area contributed by atoms with Crippen molar-refractivity contribution in [1.82, 2.24) is 19.5 Å². The van der Waals surface area contributed by atoms with Gasteiger partial charge >= 0.3 is 5.69 Å². The number of hydrogen-bond donors (Lipinski definition) is 3.